The molecule has 0 bridgehead atoms. The molecule has 0 atom stereocenters. The highest BCUT2D eigenvalue weighted by atomic mass is 16.5. The Balaban J connectivity index is 2.20. The zero-order valence-electron chi connectivity index (χ0n) is 11.0. The number of nitrogens with one attached hydrogen (secondary N) is 2. The summed E-state index contributed by atoms with van der Waals surface area (Å²) < 4.78 is 5.63. The Morgan fingerprint density at radius 2 is 2.00 bits per heavy atom. The molecular weight excluding hydrogens is 226 g/mol. The maximum Gasteiger partial charge on any atom is 0.119 e. The van der Waals surface area contributed by atoms with Gasteiger partial charge in [-0.05, 0) is 45.2 Å². The smallest absolute Gasteiger partial charge is 0.119 e. The van der Waals surface area contributed by atoms with Crippen LogP contribution >= 0.6 is 0 Å². The molecule has 96 valence electrons. The maximum absolute atomic E-state index is 5.63. The van der Waals surface area contributed by atoms with E-state index in [1.807, 2.05) is 51.4 Å². The van der Waals surface area contributed by atoms with Crippen molar-refractivity contribution in [1.82, 2.24) is 15.5 Å². The van der Waals surface area contributed by atoms with Crippen molar-refractivity contribution < 1.29 is 4.74 Å². The predicted octanol–water partition coefficient (Wildman–Crippen LogP) is 2.58. The Bertz CT molecular complexity index is 488. The molecule has 0 aliphatic heterocycles. The van der Waals surface area contributed by atoms with E-state index in [0.29, 0.717) is 0 Å². The highest BCUT2D eigenvalue weighted by Crippen LogP contribution is 2.24. The van der Waals surface area contributed by atoms with Crippen LogP contribution in [0.5, 0.6) is 5.75 Å². The lowest BCUT2D eigenvalue weighted by molar-refractivity contribution is 0.242. The predicted molar refractivity (Wildman–Crippen MR) is 72.6 cm³/mol. The van der Waals surface area contributed by atoms with E-state index in [1.54, 1.807) is 0 Å². The molecule has 2 aromatic rings. The van der Waals surface area contributed by atoms with Crippen LogP contribution in [0.2, 0.25) is 0 Å². The van der Waals surface area contributed by atoms with E-state index in [9.17, 15) is 0 Å². The fourth-order valence-corrected chi connectivity index (χ4v) is 1.86. The molecule has 0 spiro atoms. The van der Waals surface area contributed by atoms with Gasteiger partial charge in [0.05, 0.1) is 18.0 Å². The third kappa shape index (κ3) is 2.90. The van der Waals surface area contributed by atoms with Crippen molar-refractivity contribution in [2.75, 3.05) is 7.05 Å². The summed E-state index contributed by atoms with van der Waals surface area (Å²) in [5, 5.41) is 10.3. The summed E-state index contributed by atoms with van der Waals surface area (Å²) in [5.74, 6) is 0.892. The standard InChI is InChI=1S/C14H19N3O/c1-10(2)18-13-6-4-11(5-7-13)14-12(8-15-3)9-16-17-14/h4-7,9-10,15H,8H2,1-3H3,(H,16,17). The number of hydrogen-bond acceptors (Lipinski definition) is 3. The first-order valence-corrected chi connectivity index (χ1v) is 6.14. The highest BCUT2D eigenvalue weighted by molar-refractivity contribution is 5.63. The van der Waals surface area contributed by atoms with Gasteiger partial charge >= 0.3 is 0 Å². The zero-order valence-corrected chi connectivity index (χ0v) is 11.0. The summed E-state index contributed by atoms with van der Waals surface area (Å²) in [5.41, 5.74) is 3.34. The van der Waals surface area contributed by atoms with Crippen LogP contribution in [0.25, 0.3) is 11.3 Å². The van der Waals surface area contributed by atoms with E-state index in [2.05, 4.69) is 15.5 Å². The Morgan fingerprint density at radius 3 is 2.61 bits per heavy atom. The van der Waals surface area contributed by atoms with Gasteiger partial charge < -0.3 is 10.1 Å². The van der Waals surface area contributed by atoms with E-state index in [4.69, 9.17) is 4.74 Å². The van der Waals surface area contributed by atoms with Gasteiger partial charge in [0.1, 0.15) is 5.75 Å². The third-order valence-electron chi connectivity index (χ3n) is 2.60. The van der Waals surface area contributed by atoms with Crippen molar-refractivity contribution >= 4 is 0 Å². The van der Waals surface area contributed by atoms with E-state index >= 15 is 0 Å². The zero-order chi connectivity index (χ0) is 13.0. The summed E-state index contributed by atoms with van der Waals surface area (Å²) in [6.07, 6.45) is 2.05. The lowest BCUT2D eigenvalue weighted by atomic mass is 10.1. The van der Waals surface area contributed by atoms with Crippen molar-refractivity contribution in [3.63, 3.8) is 0 Å². The average Bonchev–Trinajstić information content (AvgIpc) is 2.78. The Morgan fingerprint density at radius 1 is 1.28 bits per heavy atom. The Labute approximate surface area is 107 Å². The van der Waals surface area contributed by atoms with Gasteiger partial charge in [0, 0.05) is 17.7 Å². The SMILES string of the molecule is CNCc1cn[nH]c1-c1ccc(OC(C)C)cc1. The molecule has 2 N–H and O–H groups in total. The number of nitrogens with zero attached hydrogens (tertiary/aromatic N) is 1. The van der Waals surface area contributed by atoms with Crippen LogP contribution in [-0.4, -0.2) is 23.3 Å². The summed E-state index contributed by atoms with van der Waals surface area (Å²) in [7, 11) is 1.93. The average molecular weight is 245 g/mol. The summed E-state index contributed by atoms with van der Waals surface area (Å²) in [6.45, 7) is 4.84. The van der Waals surface area contributed by atoms with Crippen molar-refractivity contribution in [3.8, 4) is 17.0 Å². The van der Waals surface area contributed by atoms with Gasteiger partial charge in [0.25, 0.3) is 0 Å². The quantitative estimate of drug-likeness (QED) is 0.851. The van der Waals surface area contributed by atoms with E-state index in [-0.39, 0.29) is 6.10 Å². The van der Waals surface area contributed by atoms with Gasteiger partial charge in [-0.2, -0.15) is 5.10 Å². The fourth-order valence-electron chi connectivity index (χ4n) is 1.86. The molecular formula is C14H19N3O. The lowest BCUT2D eigenvalue weighted by Gasteiger charge is -2.10. The van der Waals surface area contributed by atoms with Crippen molar-refractivity contribution in [3.05, 3.63) is 36.0 Å². The molecule has 0 aliphatic rings. The molecule has 18 heavy (non-hydrogen) atoms. The molecule has 2 rings (SSSR count). The van der Waals surface area contributed by atoms with Gasteiger partial charge in [-0.15, -0.1) is 0 Å². The Hall–Kier alpha value is -1.81. The van der Waals surface area contributed by atoms with E-state index < -0.39 is 0 Å². The third-order valence-corrected chi connectivity index (χ3v) is 2.60. The number of rotatable bonds is 5. The summed E-state index contributed by atoms with van der Waals surface area (Å²) in [6, 6.07) is 8.06. The van der Waals surface area contributed by atoms with Gasteiger partial charge in [-0.1, -0.05) is 0 Å². The van der Waals surface area contributed by atoms with Crippen LogP contribution in [-0.2, 0) is 6.54 Å². The molecule has 0 radical (unpaired) electrons. The van der Waals surface area contributed by atoms with E-state index in [1.165, 1.54) is 0 Å². The Kier molecular flexibility index (Phi) is 3.99. The number of ether oxygens (including phenoxy) is 1. The molecule has 0 amide bonds. The van der Waals surface area contributed by atoms with Crippen LogP contribution in [0.1, 0.15) is 19.4 Å². The molecule has 1 aromatic carbocycles. The van der Waals surface area contributed by atoms with Gasteiger partial charge in [0.15, 0.2) is 0 Å². The molecule has 4 nitrogen and oxygen atoms in total. The van der Waals surface area contributed by atoms with Crippen molar-refractivity contribution in [2.45, 2.75) is 26.5 Å². The number of benzene rings is 1. The molecule has 1 heterocycles. The molecule has 1 aromatic heterocycles. The monoisotopic (exact) mass is 245 g/mol. The van der Waals surface area contributed by atoms with Crippen LogP contribution < -0.4 is 10.1 Å². The number of aromatic amines is 1. The molecule has 0 aliphatic carbocycles. The van der Waals surface area contributed by atoms with E-state index in [0.717, 1.165) is 29.1 Å². The topological polar surface area (TPSA) is 49.9 Å². The molecule has 4 heteroatoms. The fraction of sp³-hybridized carbons (Fsp3) is 0.357. The van der Waals surface area contributed by atoms with Gasteiger partial charge in [-0.3, -0.25) is 5.10 Å². The van der Waals surface area contributed by atoms with Gasteiger partial charge in [-0.25, -0.2) is 0 Å². The molecule has 0 fully saturated rings. The summed E-state index contributed by atoms with van der Waals surface area (Å²) in [4.78, 5) is 0. The van der Waals surface area contributed by atoms with Crippen molar-refractivity contribution in [2.24, 2.45) is 0 Å². The first-order chi connectivity index (χ1) is 8.70. The second-order valence-corrected chi connectivity index (χ2v) is 4.49. The minimum Gasteiger partial charge on any atom is -0.491 e. The summed E-state index contributed by atoms with van der Waals surface area (Å²) >= 11 is 0. The largest absolute Gasteiger partial charge is 0.491 e. The minimum atomic E-state index is 0.197. The molecule has 0 saturated heterocycles. The number of hydrogen-bond donors (Lipinski definition) is 2. The highest BCUT2D eigenvalue weighted by Gasteiger charge is 2.07. The first kappa shape index (κ1) is 12.6. The van der Waals surface area contributed by atoms with Crippen molar-refractivity contribution in [1.29, 1.82) is 0 Å². The maximum atomic E-state index is 5.63. The number of aromatic nitrogens is 2. The minimum absolute atomic E-state index is 0.197. The normalized spacial score (nSPS) is 10.9. The molecule has 0 unspecified atom stereocenters. The van der Waals surface area contributed by atoms with Crippen LogP contribution in [0.3, 0.4) is 0 Å². The second kappa shape index (κ2) is 5.69. The van der Waals surface area contributed by atoms with Crippen LogP contribution in [0, 0.1) is 0 Å². The van der Waals surface area contributed by atoms with Crippen LogP contribution in [0.15, 0.2) is 30.5 Å². The van der Waals surface area contributed by atoms with Gasteiger partial charge in [0.2, 0.25) is 0 Å². The van der Waals surface area contributed by atoms with Crippen LogP contribution in [0.4, 0.5) is 0 Å². The number of H-pyrrole nitrogens is 1. The second-order valence-electron chi connectivity index (χ2n) is 4.49. The lowest BCUT2D eigenvalue weighted by Crippen LogP contribution is -2.06. The molecule has 0 saturated carbocycles. The first-order valence-electron chi connectivity index (χ1n) is 6.14.